The molecule has 0 aliphatic heterocycles. The average Bonchev–Trinajstić information content (AvgIpc) is 2.33. The largest absolute Gasteiger partial charge is 0.322 e. The van der Waals surface area contributed by atoms with Crippen LogP contribution < -0.4 is 10.6 Å². The predicted octanol–water partition coefficient (Wildman–Crippen LogP) is 1.44. The number of amides is 1. The highest BCUT2D eigenvalue weighted by Crippen LogP contribution is 2.14. The number of hydrogen-bond acceptors (Lipinski definition) is 3. The zero-order valence-corrected chi connectivity index (χ0v) is 11.2. The fourth-order valence-corrected chi connectivity index (χ4v) is 1.63. The Morgan fingerprint density at radius 1 is 1.37 bits per heavy atom. The van der Waals surface area contributed by atoms with Gasteiger partial charge in [0.2, 0.25) is 5.91 Å². The average molecular weight is 271 g/mol. The molecule has 1 aromatic carbocycles. The third-order valence-corrected chi connectivity index (χ3v) is 2.59. The normalized spacial score (nSPS) is 10.8. The maximum atomic E-state index is 13.3. The van der Waals surface area contributed by atoms with Gasteiger partial charge in [-0.05, 0) is 45.7 Å². The molecule has 0 spiro atoms. The van der Waals surface area contributed by atoms with Gasteiger partial charge in [-0.3, -0.25) is 9.69 Å². The highest BCUT2D eigenvalue weighted by molar-refractivity contribution is 5.92. The van der Waals surface area contributed by atoms with Crippen LogP contribution in [0.2, 0.25) is 0 Å². The Morgan fingerprint density at radius 3 is 2.74 bits per heavy atom. The molecule has 1 rings (SSSR count). The molecule has 1 amide bonds. The van der Waals surface area contributed by atoms with E-state index in [1.54, 1.807) is 0 Å². The van der Waals surface area contributed by atoms with Crippen LogP contribution in [0.3, 0.4) is 0 Å². The first-order valence-corrected chi connectivity index (χ1v) is 6.11. The molecule has 0 aliphatic rings. The number of hydrogen-bond donors (Lipinski definition) is 2. The number of carbonyl (C=O) groups is 1. The summed E-state index contributed by atoms with van der Waals surface area (Å²) >= 11 is 0. The minimum Gasteiger partial charge on any atom is -0.322 e. The van der Waals surface area contributed by atoms with Crippen molar-refractivity contribution in [1.82, 2.24) is 10.2 Å². The summed E-state index contributed by atoms with van der Waals surface area (Å²) < 4.78 is 26.0. The van der Waals surface area contributed by atoms with Crippen molar-refractivity contribution in [3.05, 3.63) is 29.8 Å². The molecule has 0 heterocycles. The van der Waals surface area contributed by atoms with Crippen LogP contribution in [0.4, 0.5) is 14.5 Å². The molecule has 4 nitrogen and oxygen atoms in total. The van der Waals surface area contributed by atoms with E-state index >= 15 is 0 Å². The zero-order chi connectivity index (χ0) is 14.3. The van der Waals surface area contributed by atoms with Gasteiger partial charge < -0.3 is 10.6 Å². The lowest BCUT2D eigenvalue weighted by molar-refractivity contribution is -0.117. The van der Waals surface area contributed by atoms with Crippen LogP contribution in [0.15, 0.2) is 18.2 Å². The summed E-state index contributed by atoms with van der Waals surface area (Å²) in [5.74, 6) is -1.76. The lowest BCUT2D eigenvalue weighted by Gasteiger charge is -2.16. The molecule has 19 heavy (non-hydrogen) atoms. The van der Waals surface area contributed by atoms with Crippen molar-refractivity contribution in [3.63, 3.8) is 0 Å². The van der Waals surface area contributed by atoms with Gasteiger partial charge in [0.15, 0.2) is 0 Å². The molecule has 0 radical (unpaired) electrons. The topological polar surface area (TPSA) is 44.4 Å². The van der Waals surface area contributed by atoms with Crippen LogP contribution in [0, 0.1) is 11.6 Å². The van der Waals surface area contributed by atoms with Crippen molar-refractivity contribution in [3.8, 4) is 0 Å². The molecule has 0 saturated heterocycles. The molecule has 106 valence electrons. The second kappa shape index (κ2) is 7.81. The van der Waals surface area contributed by atoms with E-state index in [4.69, 9.17) is 0 Å². The van der Waals surface area contributed by atoms with E-state index in [1.807, 2.05) is 19.0 Å². The summed E-state index contributed by atoms with van der Waals surface area (Å²) in [5.41, 5.74) is -0.00461. The van der Waals surface area contributed by atoms with Crippen LogP contribution in [-0.4, -0.2) is 44.5 Å². The molecule has 2 N–H and O–H groups in total. The molecule has 1 aromatic rings. The van der Waals surface area contributed by atoms with Crippen LogP contribution in [0.1, 0.15) is 6.42 Å². The third kappa shape index (κ3) is 5.76. The van der Waals surface area contributed by atoms with Crippen LogP contribution >= 0.6 is 0 Å². The van der Waals surface area contributed by atoms with Crippen LogP contribution in [0.5, 0.6) is 0 Å². The predicted molar refractivity (Wildman–Crippen MR) is 71.0 cm³/mol. The summed E-state index contributed by atoms with van der Waals surface area (Å²) in [6.45, 7) is 1.80. The number of halogens is 2. The summed E-state index contributed by atoms with van der Waals surface area (Å²) in [6.07, 6.45) is 0.922. The van der Waals surface area contributed by atoms with Crippen molar-refractivity contribution in [2.24, 2.45) is 0 Å². The van der Waals surface area contributed by atoms with Gasteiger partial charge in [-0.1, -0.05) is 0 Å². The van der Waals surface area contributed by atoms with Crippen molar-refractivity contribution in [2.45, 2.75) is 6.42 Å². The van der Waals surface area contributed by atoms with Crippen molar-refractivity contribution < 1.29 is 13.6 Å². The summed E-state index contributed by atoms with van der Waals surface area (Å²) in [7, 11) is 3.68. The van der Waals surface area contributed by atoms with Gasteiger partial charge in [-0.25, -0.2) is 8.78 Å². The summed E-state index contributed by atoms with van der Waals surface area (Å²) in [4.78, 5) is 13.5. The van der Waals surface area contributed by atoms with E-state index in [2.05, 4.69) is 10.6 Å². The Bertz CT molecular complexity index is 426. The van der Waals surface area contributed by atoms with Crippen molar-refractivity contribution in [2.75, 3.05) is 39.0 Å². The van der Waals surface area contributed by atoms with Gasteiger partial charge in [0.1, 0.15) is 11.6 Å². The van der Waals surface area contributed by atoms with Gasteiger partial charge in [-0.2, -0.15) is 0 Å². The van der Waals surface area contributed by atoms with E-state index in [9.17, 15) is 13.6 Å². The summed E-state index contributed by atoms with van der Waals surface area (Å²) in [5, 5.41) is 5.44. The lowest BCUT2D eigenvalue weighted by atomic mass is 10.3. The van der Waals surface area contributed by atoms with E-state index in [0.29, 0.717) is 0 Å². The molecule has 0 unspecified atom stereocenters. The zero-order valence-electron chi connectivity index (χ0n) is 11.2. The second-order valence-corrected chi connectivity index (χ2v) is 4.37. The second-order valence-electron chi connectivity index (χ2n) is 4.37. The number of carbonyl (C=O) groups excluding carboxylic acids is 1. The molecule has 0 atom stereocenters. The smallest absolute Gasteiger partial charge is 0.238 e. The standard InChI is InChI=1S/C13H19F2N3O/c1-16-6-3-7-18(2)9-13(19)17-12-5-4-10(14)8-11(12)15/h4-5,8,16H,3,6-7,9H2,1-2H3,(H,17,19). The van der Waals surface area contributed by atoms with Gasteiger partial charge in [-0.15, -0.1) is 0 Å². The first-order valence-electron chi connectivity index (χ1n) is 6.11. The number of anilines is 1. The molecule has 0 saturated carbocycles. The highest BCUT2D eigenvalue weighted by atomic mass is 19.1. The summed E-state index contributed by atoms with van der Waals surface area (Å²) in [6, 6.07) is 3.06. The highest BCUT2D eigenvalue weighted by Gasteiger charge is 2.10. The minimum atomic E-state index is -0.772. The number of rotatable bonds is 7. The molecule has 0 aromatic heterocycles. The third-order valence-electron chi connectivity index (χ3n) is 2.59. The van der Waals surface area contributed by atoms with Crippen LogP contribution in [-0.2, 0) is 4.79 Å². The number of nitrogens with zero attached hydrogens (tertiary/aromatic N) is 1. The molecule has 0 bridgehead atoms. The maximum absolute atomic E-state index is 13.3. The Labute approximate surface area is 111 Å². The molecule has 6 heteroatoms. The molecule has 0 fully saturated rings. The number of benzene rings is 1. The van der Waals surface area contributed by atoms with E-state index < -0.39 is 11.6 Å². The number of likely N-dealkylation sites (N-methyl/N-ethyl adjacent to an activating group) is 1. The maximum Gasteiger partial charge on any atom is 0.238 e. The van der Waals surface area contributed by atoms with Gasteiger partial charge in [0, 0.05) is 6.07 Å². The Morgan fingerprint density at radius 2 is 2.11 bits per heavy atom. The van der Waals surface area contributed by atoms with Crippen LogP contribution in [0.25, 0.3) is 0 Å². The number of nitrogens with one attached hydrogen (secondary N) is 2. The first-order chi connectivity index (χ1) is 9.02. The fourth-order valence-electron chi connectivity index (χ4n) is 1.63. The Kier molecular flexibility index (Phi) is 6.38. The van der Waals surface area contributed by atoms with Crippen molar-refractivity contribution in [1.29, 1.82) is 0 Å². The Balaban J connectivity index is 2.42. The Hall–Kier alpha value is -1.53. The lowest BCUT2D eigenvalue weighted by Crippen LogP contribution is -2.32. The van der Waals surface area contributed by atoms with E-state index in [1.165, 1.54) is 6.07 Å². The van der Waals surface area contributed by atoms with Gasteiger partial charge in [0.25, 0.3) is 0 Å². The van der Waals surface area contributed by atoms with Crippen molar-refractivity contribution >= 4 is 11.6 Å². The molecular weight excluding hydrogens is 252 g/mol. The van der Waals surface area contributed by atoms with Gasteiger partial charge >= 0.3 is 0 Å². The quantitative estimate of drug-likeness (QED) is 0.738. The SMILES string of the molecule is CNCCCN(C)CC(=O)Nc1ccc(F)cc1F. The molecule has 0 aliphatic carbocycles. The van der Waals surface area contributed by atoms with E-state index in [0.717, 1.165) is 31.6 Å². The minimum absolute atomic E-state index is 0.00461. The first kappa shape index (κ1) is 15.5. The van der Waals surface area contributed by atoms with Gasteiger partial charge in [0.05, 0.1) is 12.2 Å². The van der Waals surface area contributed by atoms with E-state index in [-0.39, 0.29) is 18.1 Å². The monoisotopic (exact) mass is 271 g/mol. The molecular formula is C13H19F2N3O. The fraction of sp³-hybridized carbons (Fsp3) is 0.462.